The van der Waals surface area contributed by atoms with Crippen LogP contribution < -0.4 is 4.90 Å². The molecule has 0 spiro atoms. The SMILES string of the molecule is COC[C@]12Cc3cnn(-c4ccc(F)cc4)c3C=C1CCN(S(=O)c1ccc(N3CC[C@H](O)C3)nc1)C2. The molecule has 3 aliphatic rings. The Labute approximate surface area is 218 Å². The molecule has 4 heterocycles. The predicted octanol–water partition coefficient (Wildman–Crippen LogP) is 2.98. The lowest BCUT2D eigenvalue weighted by atomic mass is 9.69. The summed E-state index contributed by atoms with van der Waals surface area (Å²) in [5, 5.41) is 14.4. The predicted molar refractivity (Wildman–Crippen MR) is 139 cm³/mol. The van der Waals surface area contributed by atoms with Crippen LogP contribution in [0.25, 0.3) is 11.8 Å². The molecule has 10 heteroatoms. The molecule has 0 amide bonds. The normalized spacial score (nSPS) is 24.5. The molecule has 0 saturated carbocycles. The lowest BCUT2D eigenvalue weighted by Gasteiger charge is -2.45. The Morgan fingerprint density at radius 3 is 2.73 bits per heavy atom. The Balaban J connectivity index is 1.24. The Bertz CT molecular complexity index is 1340. The fraction of sp³-hybridized carbons (Fsp3) is 0.407. The topological polar surface area (TPSA) is 83.7 Å². The van der Waals surface area contributed by atoms with Crippen LogP contribution in [0.3, 0.4) is 0 Å². The van der Waals surface area contributed by atoms with Gasteiger partial charge in [-0.25, -0.2) is 22.6 Å². The number of halogens is 1. The minimum atomic E-state index is -1.35. The average molecular weight is 524 g/mol. The van der Waals surface area contributed by atoms with Gasteiger partial charge in [0.05, 0.1) is 35.2 Å². The number of pyridine rings is 1. The first kappa shape index (κ1) is 24.4. The van der Waals surface area contributed by atoms with E-state index in [-0.39, 0.29) is 17.3 Å². The van der Waals surface area contributed by atoms with Crippen LogP contribution in [0.4, 0.5) is 10.2 Å². The molecule has 1 N–H and O–H groups in total. The summed E-state index contributed by atoms with van der Waals surface area (Å²) in [6.45, 7) is 3.12. The van der Waals surface area contributed by atoms with Crippen LogP contribution in [0.5, 0.6) is 0 Å². The molecule has 1 aliphatic carbocycles. The van der Waals surface area contributed by atoms with Crippen LogP contribution in [0, 0.1) is 11.2 Å². The highest BCUT2D eigenvalue weighted by molar-refractivity contribution is 7.82. The number of aromatic nitrogens is 3. The summed E-state index contributed by atoms with van der Waals surface area (Å²) < 4.78 is 36.6. The van der Waals surface area contributed by atoms with Crippen LogP contribution in [-0.4, -0.2) is 74.4 Å². The van der Waals surface area contributed by atoms with E-state index in [1.165, 1.54) is 17.7 Å². The van der Waals surface area contributed by atoms with Gasteiger partial charge in [0.15, 0.2) is 0 Å². The molecule has 194 valence electrons. The molecule has 0 bridgehead atoms. The van der Waals surface area contributed by atoms with Gasteiger partial charge >= 0.3 is 0 Å². The number of aliphatic hydroxyl groups is 1. The molecule has 1 unspecified atom stereocenters. The summed E-state index contributed by atoms with van der Waals surface area (Å²) in [5.74, 6) is 0.525. The van der Waals surface area contributed by atoms with Crippen molar-refractivity contribution in [2.75, 3.05) is 44.8 Å². The fourth-order valence-electron chi connectivity index (χ4n) is 5.79. The van der Waals surface area contributed by atoms with Gasteiger partial charge in [-0.3, -0.25) is 0 Å². The fourth-order valence-corrected chi connectivity index (χ4v) is 7.04. The molecule has 37 heavy (non-hydrogen) atoms. The van der Waals surface area contributed by atoms with E-state index < -0.39 is 11.0 Å². The van der Waals surface area contributed by atoms with Gasteiger partial charge in [0.25, 0.3) is 0 Å². The minimum Gasteiger partial charge on any atom is -0.391 e. The third-order valence-corrected chi connectivity index (χ3v) is 9.08. The first-order valence-electron chi connectivity index (χ1n) is 12.5. The lowest BCUT2D eigenvalue weighted by Crippen LogP contribution is -2.50. The summed E-state index contributed by atoms with van der Waals surface area (Å²) in [6, 6.07) is 10.1. The van der Waals surface area contributed by atoms with Gasteiger partial charge in [0.1, 0.15) is 22.6 Å². The summed E-state index contributed by atoms with van der Waals surface area (Å²) >= 11 is 0. The van der Waals surface area contributed by atoms with E-state index in [0.717, 1.165) is 48.6 Å². The summed E-state index contributed by atoms with van der Waals surface area (Å²) in [4.78, 5) is 7.26. The van der Waals surface area contributed by atoms with E-state index in [1.54, 1.807) is 25.4 Å². The zero-order valence-corrected chi connectivity index (χ0v) is 21.5. The lowest BCUT2D eigenvalue weighted by molar-refractivity contribution is 0.0746. The molecular formula is C27H30FN5O3S. The highest BCUT2D eigenvalue weighted by Crippen LogP contribution is 2.45. The van der Waals surface area contributed by atoms with Crippen molar-refractivity contribution >= 4 is 22.9 Å². The van der Waals surface area contributed by atoms with Crippen molar-refractivity contribution in [1.29, 1.82) is 0 Å². The molecule has 8 nitrogen and oxygen atoms in total. The molecule has 2 saturated heterocycles. The van der Waals surface area contributed by atoms with Crippen LogP contribution in [-0.2, 0) is 22.1 Å². The van der Waals surface area contributed by atoms with Crippen molar-refractivity contribution in [3.8, 4) is 5.69 Å². The van der Waals surface area contributed by atoms with E-state index >= 15 is 0 Å². The van der Waals surface area contributed by atoms with E-state index in [0.29, 0.717) is 31.1 Å². The second-order valence-corrected chi connectivity index (χ2v) is 11.6. The molecule has 2 aromatic heterocycles. The monoisotopic (exact) mass is 523 g/mol. The molecule has 2 fully saturated rings. The second-order valence-electron chi connectivity index (χ2n) is 10.1. The maximum absolute atomic E-state index is 13.6. The van der Waals surface area contributed by atoms with E-state index in [9.17, 15) is 13.7 Å². The van der Waals surface area contributed by atoms with Gasteiger partial charge < -0.3 is 14.7 Å². The Kier molecular flexibility index (Phi) is 6.44. The van der Waals surface area contributed by atoms with Crippen LogP contribution in [0.15, 0.2) is 59.3 Å². The Morgan fingerprint density at radius 1 is 1.19 bits per heavy atom. The average Bonchev–Trinajstić information content (AvgIpc) is 3.53. The number of ether oxygens (including phenoxy) is 1. The smallest absolute Gasteiger partial charge is 0.129 e. The first-order chi connectivity index (χ1) is 18.0. The zero-order chi connectivity index (χ0) is 25.6. The quantitative estimate of drug-likeness (QED) is 0.535. The number of fused-ring (bicyclic) bond motifs is 2. The van der Waals surface area contributed by atoms with E-state index in [1.807, 2.05) is 27.3 Å². The zero-order valence-electron chi connectivity index (χ0n) is 20.7. The number of anilines is 1. The largest absolute Gasteiger partial charge is 0.391 e. The number of aliphatic hydroxyl groups excluding tert-OH is 1. The summed E-state index contributed by atoms with van der Waals surface area (Å²) in [6.07, 6.45) is 7.67. The first-order valence-corrected chi connectivity index (χ1v) is 13.7. The second kappa shape index (κ2) is 9.75. The van der Waals surface area contributed by atoms with Crippen molar-refractivity contribution in [2.45, 2.75) is 30.3 Å². The molecule has 3 aromatic rings. The van der Waals surface area contributed by atoms with Crippen LogP contribution in [0.1, 0.15) is 24.1 Å². The van der Waals surface area contributed by atoms with Crippen LogP contribution >= 0.6 is 0 Å². The number of nitrogens with zero attached hydrogens (tertiary/aromatic N) is 5. The van der Waals surface area contributed by atoms with E-state index in [4.69, 9.17) is 4.74 Å². The van der Waals surface area contributed by atoms with Crippen molar-refractivity contribution in [3.05, 3.63) is 71.4 Å². The van der Waals surface area contributed by atoms with Crippen LogP contribution in [0.2, 0.25) is 0 Å². The number of β-amino-alcohol motifs (C(OH)–C–C–N with tert-alkyl or cyclic N) is 1. The maximum atomic E-state index is 13.6. The Morgan fingerprint density at radius 2 is 2.03 bits per heavy atom. The van der Waals surface area contributed by atoms with Gasteiger partial charge in [-0.05, 0) is 67.3 Å². The highest BCUT2D eigenvalue weighted by atomic mass is 32.2. The van der Waals surface area contributed by atoms with Gasteiger partial charge in [-0.15, -0.1) is 0 Å². The minimum absolute atomic E-state index is 0.276. The van der Waals surface area contributed by atoms with Gasteiger partial charge in [-0.1, -0.05) is 5.57 Å². The highest BCUT2D eigenvalue weighted by Gasteiger charge is 2.44. The van der Waals surface area contributed by atoms with Crippen molar-refractivity contribution in [1.82, 2.24) is 19.1 Å². The Hall–Kier alpha value is -2.92. The molecule has 0 radical (unpaired) electrons. The number of rotatable bonds is 6. The standard InChI is InChI=1S/C27H30FN5O3S/c1-36-18-27-13-19-14-30-33(22-4-2-21(28)3-5-22)25(19)12-20(27)8-11-32(17-27)37(35)24-6-7-26(29-15-24)31-10-9-23(34)16-31/h2-7,12,14-15,23,34H,8-11,13,16-18H2,1H3/t23-,27+,37?/m0/s1. The third-order valence-electron chi connectivity index (χ3n) is 7.65. The third kappa shape index (κ3) is 4.52. The molecule has 6 rings (SSSR count). The van der Waals surface area contributed by atoms with Crippen molar-refractivity contribution < 1.29 is 18.4 Å². The number of hydrogen-bond donors (Lipinski definition) is 1. The maximum Gasteiger partial charge on any atom is 0.129 e. The molecule has 2 aliphatic heterocycles. The summed E-state index contributed by atoms with van der Waals surface area (Å²) in [7, 11) is 0.354. The number of methoxy groups -OCH3 is 1. The number of benzene rings is 1. The van der Waals surface area contributed by atoms with Crippen molar-refractivity contribution in [3.63, 3.8) is 0 Å². The van der Waals surface area contributed by atoms with Gasteiger partial charge in [0.2, 0.25) is 0 Å². The molecule has 1 aromatic carbocycles. The van der Waals surface area contributed by atoms with E-state index in [2.05, 4.69) is 21.1 Å². The summed E-state index contributed by atoms with van der Waals surface area (Å²) in [5.41, 5.74) is 3.88. The molecular weight excluding hydrogens is 493 g/mol. The van der Waals surface area contributed by atoms with Crippen molar-refractivity contribution in [2.24, 2.45) is 5.41 Å². The van der Waals surface area contributed by atoms with Gasteiger partial charge in [-0.2, -0.15) is 5.10 Å². The van der Waals surface area contributed by atoms with Gasteiger partial charge in [0, 0.05) is 44.9 Å². The number of piperidine rings is 1. The number of hydrogen-bond acceptors (Lipinski definition) is 6. The molecule has 3 atom stereocenters.